The lowest BCUT2D eigenvalue weighted by atomic mass is 9.97. The van der Waals surface area contributed by atoms with Crippen LogP contribution in [0.5, 0.6) is 0 Å². The molecule has 0 spiro atoms. The second-order valence-electron chi connectivity index (χ2n) is 3.93. The van der Waals surface area contributed by atoms with Crippen LogP contribution in [0, 0.1) is 11.8 Å². The Bertz CT molecular complexity index is 146. The van der Waals surface area contributed by atoms with E-state index in [1.165, 1.54) is 10.4 Å². The van der Waals surface area contributed by atoms with Gasteiger partial charge in [0.05, 0.1) is 0 Å². The lowest BCUT2D eigenvalue weighted by molar-refractivity contribution is 0.718. The van der Waals surface area contributed by atoms with Gasteiger partial charge in [0.1, 0.15) is 0 Å². The summed E-state index contributed by atoms with van der Waals surface area (Å²) in [5.41, 5.74) is 1.32. The van der Waals surface area contributed by atoms with Crippen molar-refractivity contribution in [1.82, 2.24) is 0 Å². The molecule has 0 amide bonds. The number of thiocarbonyl (C=S) groups is 1. The van der Waals surface area contributed by atoms with E-state index < -0.39 is 0 Å². The molecule has 0 unspecified atom stereocenters. The summed E-state index contributed by atoms with van der Waals surface area (Å²) in [6, 6.07) is 0. The summed E-state index contributed by atoms with van der Waals surface area (Å²) in [5, 5.41) is 0. The Kier molecular flexibility index (Phi) is 5.39. The monoisotopic (exact) mass is 184 g/mol. The highest BCUT2D eigenvalue weighted by molar-refractivity contribution is 7.80. The van der Waals surface area contributed by atoms with Crippen LogP contribution in [0.15, 0.2) is 12.2 Å². The molecule has 0 atom stereocenters. The fraction of sp³-hybridized carbons (Fsp3) is 0.727. The average Bonchev–Trinajstić information content (AvgIpc) is 1.98. The fourth-order valence-electron chi connectivity index (χ4n) is 0.861. The van der Waals surface area contributed by atoms with E-state index >= 15 is 0 Å². The first-order chi connectivity index (χ1) is 5.45. The van der Waals surface area contributed by atoms with Gasteiger partial charge in [-0.25, -0.2) is 0 Å². The van der Waals surface area contributed by atoms with E-state index in [1.807, 2.05) is 0 Å². The maximum atomic E-state index is 5.24. The van der Waals surface area contributed by atoms with Gasteiger partial charge in [0.25, 0.3) is 0 Å². The van der Waals surface area contributed by atoms with Gasteiger partial charge in [0.15, 0.2) is 0 Å². The molecule has 0 radical (unpaired) electrons. The van der Waals surface area contributed by atoms with Gasteiger partial charge >= 0.3 is 0 Å². The molecular weight excluding hydrogens is 164 g/mol. The third kappa shape index (κ3) is 4.66. The molecular formula is C11H20S. The molecule has 0 aliphatic rings. The average molecular weight is 184 g/mol. The van der Waals surface area contributed by atoms with E-state index in [1.54, 1.807) is 0 Å². The van der Waals surface area contributed by atoms with E-state index in [-0.39, 0.29) is 0 Å². The summed E-state index contributed by atoms with van der Waals surface area (Å²) >= 11 is 5.24. The van der Waals surface area contributed by atoms with Gasteiger partial charge in [0, 0.05) is 0 Å². The van der Waals surface area contributed by atoms with E-state index in [9.17, 15) is 0 Å². The van der Waals surface area contributed by atoms with Gasteiger partial charge in [-0.15, -0.1) is 0 Å². The highest BCUT2D eigenvalue weighted by Crippen LogP contribution is 2.15. The summed E-state index contributed by atoms with van der Waals surface area (Å²) in [5.74, 6) is 1.14. The van der Waals surface area contributed by atoms with Crippen LogP contribution in [0.4, 0.5) is 0 Å². The van der Waals surface area contributed by atoms with Crippen LogP contribution >= 0.6 is 12.2 Å². The summed E-state index contributed by atoms with van der Waals surface area (Å²) in [7, 11) is 0. The van der Waals surface area contributed by atoms with Crippen molar-refractivity contribution in [3.63, 3.8) is 0 Å². The van der Waals surface area contributed by atoms with Crippen molar-refractivity contribution in [2.45, 2.75) is 40.5 Å². The summed E-state index contributed by atoms with van der Waals surface area (Å²) in [6.45, 7) is 12.7. The van der Waals surface area contributed by atoms with Crippen LogP contribution in [0.2, 0.25) is 0 Å². The Morgan fingerprint density at radius 2 is 1.58 bits per heavy atom. The Labute approximate surface area is 82.1 Å². The fourth-order valence-corrected chi connectivity index (χ4v) is 0.963. The number of allylic oxidation sites excluding steroid dienone is 1. The Morgan fingerprint density at radius 1 is 1.08 bits per heavy atom. The third-order valence-electron chi connectivity index (χ3n) is 2.15. The van der Waals surface area contributed by atoms with E-state index in [4.69, 9.17) is 12.2 Å². The molecule has 0 N–H and O–H groups in total. The highest BCUT2D eigenvalue weighted by Gasteiger charge is 2.05. The minimum Gasteiger partial charge on any atom is -0.0996 e. The molecule has 0 saturated heterocycles. The second-order valence-corrected chi connectivity index (χ2v) is 4.46. The molecule has 70 valence electrons. The molecule has 0 aromatic carbocycles. The molecule has 0 saturated carbocycles. The lowest BCUT2D eigenvalue weighted by Gasteiger charge is -2.11. The van der Waals surface area contributed by atoms with Gasteiger partial charge in [-0.1, -0.05) is 52.1 Å². The number of hydrogen-bond acceptors (Lipinski definition) is 1. The number of rotatable bonds is 5. The van der Waals surface area contributed by atoms with E-state index in [0.29, 0.717) is 11.8 Å². The molecule has 0 bridgehead atoms. The van der Waals surface area contributed by atoms with E-state index in [2.05, 4.69) is 34.3 Å². The van der Waals surface area contributed by atoms with Crippen molar-refractivity contribution in [1.29, 1.82) is 0 Å². The molecule has 0 aliphatic carbocycles. The maximum absolute atomic E-state index is 5.24. The molecule has 0 heterocycles. The van der Waals surface area contributed by atoms with Crippen LogP contribution in [0.3, 0.4) is 0 Å². The first-order valence-electron chi connectivity index (χ1n) is 4.65. The first-order valence-corrected chi connectivity index (χ1v) is 5.06. The molecule has 0 aromatic rings. The SMILES string of the molecule is C=C(CCC(=S)C(C)C)C(C)C. The van der Waals surface area contributed by atoms with Gasteiger partial charge in [0.2, 0.25) is 0 Å². The van der Waals surface area contributed by atoms with Crippen LogP contribution in [0.1, 0.15) is 40.5 Å². The molecule has 0 nitrogen and oxygen atoms in total. The minimum atomic E-state index is 0.542. The van der Waals surface area contributed by atoms with Crippen molar-refractivity contribution in [3.8, 4) is 0 Å². The molecule has 0 rings (SSSR count). The first kappa shape index (κ1) is 11.8. The molecule has 1 heteroatoms. The maximum Gasteiger partial charge on any atom is -0.00429 e. The summed E-state index contributed by atoms with van der Waals surface area (Å²) < 4.78 is 0. The van der Waals surface area contributed by atoms with Crippen molar-refractivity contribution >= 4 is 17.1 Å². The number of hydrogen-bond donors (Lipinski definition) is 0. The normalized spacial score (nSPS) is 10.8. The zero-order valence-corrected chi connectivity index (χ0v) is 9.50. The van der Waals surface area contributed by atoms with Crippen LogP contribution in [-0.4, -0.2) is 4.86 Å². The van der Waals surface area contributed by atoms with Gasteiger partial charge < -0.3 is 0 Å². The van der Waals surface area contributed by atoms with Crippen LogP contribution < -0.4 is 0 Å². The minimum absolute atomic E-state index is 0.542. The third-order valence-corrected chi connectivity index (χ3v) is 2.83. The lowest BCUT2D eigenvalue weighted by Crippen LogP contribution is -2.05. The predicted octanol–water partition coefficient (Wildman–Crippen LogP) is 4.00. The Balaban J connectivity index is 3.69. The standard InChI is InChI=1S/C11H20S/c1-8(2)10(5)6-7-11(12)9(3)4/h8-9H,5-7H2,1-4H3. The molecule has 0 fully saturated rings. The van der Waals surface area contributed by atoms with Crippen molar-refractivity contribution in [2.75, 3.05) is 0 Å². The molecule has 0 aromatic heterocycles. The van der Waals surface area contributed by atoms with Crippen molar-refractivity contribution in [2.24, 2.45) is 11.8 Å². The van der Waals surface area contributed by atoms with Crippen LogP contribution in [0.25, 0.3) is 0 Å². The molecule has 0 aliphatic heterocycles. The second kappa shape index (κ2) is 5.47. The zero-order valence-electron chi connectivity index (χ0n) is 8.68. The quantitative estimate of drug-likeness (QED) is 0.459. The van der Waals surface area contributed by atoms with Gasteiger partial charge in [-0.3, -0.25) is 0 Å². The van der Waals surface area contributed by atoms with E-state index in [0.717, 1.165) is 12.8 Å². The van der Waals surface area contributed by atoms with Crippen molar-refractivity contribution in [3.05, 3.63) is 12.2 Å². The summed E-state index contributed by atoms with van der Waals surface area (Å²) in [4.78, 5) is 1.18. The molecule has 12 heavy (non-hydrogen) atoms. The van der Waals surface area contributed by atoms with Gasteiger partial charge in [-0.05, 0) is 29.5 Å². The predicted molar refractivity (Wildman–Crippen MR) is 60.6 cm³/mol. The topological polar surface area (TPSA) is 0 Å². The Hall–Kier alpha value is -0.170. The largest absolute Gasteiger partial charge is 0.0996 e. The van der Waals surface area contributed by atoms with Crippen molar-refractivity contribution < 1.29 is 0 Å². The zero-order chi connectivity index (χ0) is 9.72. The Morgan fingerprint density at radius 3 is 1.92 bits per heavy atom. The van der Waals surface area contributed by atoms with Gasteiger partial charge in [-0.2, -0.15) is 0 Å². The smallest absolute Gasteiger partial charge is 0.00429 e. The van der Waals surface area contributed by atoms with Crippen LogP contribution in [-0.2, 0) is 0 Å². The highest BCUT2D eigenvalue weighted by atomic mass is 32.1. The summed E-state index contributed by atoms with van der Waals surface area (Å²) in [6.07, 6.45) is 2.10.